The number of carbonyl (C=O) groups excluding carboxylic acids is 2. The monoisotopic (exact) mass is 266 g/mol. The molecule has 4 aliphatic carbocycles. The van der Waals surface area contributed by atoms with Crippen LogP contribution >= 0.6 is 0 Å². The van der Waals surface area contributed by atoms with Gasteiger partial charge < -0.3 is 15.7 Å². The van der Waals surface area contributed by atoms with Crippen molar-refractivity contribution in [2.24, 2.45) is 17.8 Å². The van der Waals surface area contributed by atoms with Crippen LogP contribution in [0.5, 0.6) is 0 Å². The average Bonchev–Trinajstić information content (AvgIpc) is 2.33. The van der Waals surface area contributed by atoms with E-state index < -0.39 is 11.8 Å². The zero-order valence-electron chi connectivity index (χ0n) is 11.2. The minimum atomic E-state index is -0.621. The van der Waals surface area contributed by atoms with E-state index in [2.05, 4.69) is 10.6 Å². The molecule has 0 aromatic carbocycles. The molecule has 0 aromatic rings. The predicted molar refractivity (Wildman–Crippen MR) is 69.1 cm³/mol. The van der Waals surface area contributed by atoms with E-state index in [0.717, 1.165) is 37.0 Å². The van der Waals surface area contributed by atoms with Crippen molar-refractivity contribution in [1.82, 2.24) is 10.6 Å². The Balaban J connectivity index is 1.63. The SMILES string of the molecule is O=C(NCCO)C(=O)NC12CC3CC(CC(C3)C1)C2. The second-order valence-corrected chi connectivity index (χ2v) is 6.63. The summed E-state index contributed by atoms with van der Waals surface area (Å²) in [5, 5.41) is 14.1. The van der Waals surface area contributed by atoms with Gasteiger partial charge >= 0.3 is 11.8 Å². The first-order valence-corrected chi connectivity index (χ1v) is 7.31. The summed E-state index contributed by atoms with van der Waals surface area (Å²) in [7, 11) is 0. The molecule has 5 nitrogen and oxygen atoms in total. The first-order chi connectivity index (χ1) is 9.10. The van der Waals surface area contributed by atoms with Crippen LogP contribution in [0.4, 0.5) is 0 Å². The third kappa shape index (κ3) is 2.48. The molecular formula is C14H22N2O3. The highest BCUT2D eigenvalue weighted by molar-refractivity contribution is 6.35. The number of carbonyl (C=O) groups is 2. The van der Waals surface area contributed by atoms with E-state index in [1.54, 1.807) is 0 Å². The molecule has 2 amide bonds. The van der Waals surface area contributed by atoms with Crippen molar-refractivity contribution in [3.63, 3.8) is 0 Å². The van der Waals surface area contributed by atoms with Crippen LogP contribution in [-0.2, 0) is 9.59 Å². The minimum Gasteiger partial charge on any atom is -0.395 e. The summed E-state index contributed by atoms with van der Waals surface area (Å²) in [6, 6.07) is 0. The molecule has 0 spiro atoms. The first-order valence-electron chi connectivity index (χ1n) is 7.31. The van der Waals surface area contributed by atoms with Crippen LogP contribution < -0.4 is 10.6 Å². The van der Waals surface area contributed by atoms with E-state index >= 15 is 0 Å². The summed E-state index contributed by atoms with van der Waals surface area (Å²) < 4.78 is 0. The van der Waals surface area contributed by atoms with Gasteiger partial charge in [-0.15, -0.1) is 0 Å². The zero-order valence-corrected chi connectivity index (χ0v) is 11.2. The summed E-state index contributed by atoms with van der Waals surface area (Å²) in [4.78, 5) is 23.5. The van der Waals surface area contributed by atoms with Crippen molar-refractivity contribution in [3.8, 4) is 0 Å². The fraction of sp³-hybridized carbons (Fsp3) is 0.857. The molecule has 0 aliphatic heterocycles. The van der Waals surface area contributed by atoms with E-state index in [1.165, 1.54) is 19.3 Å². The molecule has 0 unspecified atom stereocenters. The molecule has 0 radical (unpaired) electrons. The predicted octanol–water partition coefficient (Wildman–Crippen LogP) is 0.180. The highest BCUT2D eigenvalue weighted by Gasteiger charge is 2.51. The molecule has 0 aromatic heterocycles. The number of hydrogen-bond acceptors (Lipinski definition) is 3. The number of aliphatic hydroxyl groups excluding tert-OH is 1. The third-order valence-corrected chi connectivity index (χ3v) is 5.02. The second-order valence-electron chi connectivity index (χ2n) is 6.63. The van der Waals surface area contributed by atoms with Crippen molar-refractivity contribution in [2.45, 2.75) is 44.1 Å². The largest absolute Gasteiger partial charge is 0.395 e. The Bertz CT molecular complexity index is 359. The zero-order chi connectivity index (χ0) is 13.5. The summed E-state index contributed by atoms with van der Waals surface area (Å²) >= 11 is 0. The summed E-state index contributed by atoms with van der Waals surface area (Å²) in [5.74, 6) is 1.08. The van der Waals surface area contributed by atoms with Crippen LogP contribution in [0.25, 0.3) is 0 Å². The highest BCUT2D eigenvalue weighted by Crippen LogP contribution is 2.55. The average molecular weight is 266 g/mol. The molecule has 19 heavy (non-hydrogen) atoms. The lowest BCUT2D eigenvalue weighted by molar-refractivity contribution is -0.142. The molecule has 0 heterocycles. The Morgan fingerprint density at radius 1 is 1.00 bits per heavy atom. The Morgan fingerprint density at radius 3 is 2.00 bits per heavy atom. The van der Waals surface area contributed by atoms with Crippen LogP contribution in [0.3, 0.4) is 0 Å². The summed E-state index contributed by atoms with van der Waals surface area (Å²) in [5.41, 5.74) is -0.123. The van der Waals surface area contributed by atoms with Gasteiger partial charge in [-0.1, -0.05) is 0 Å². The van der Waals surface area contributed by atoms with Gasteiger partial charge in [0.05, 0.1) is 6.61 Å². The lowest BCUT2D eigenvalue weighted by Gasteiger charge is -2.56. The van der Waals surface area contributed by atoms with E-state index in [9.17, 15) is 9.59 Å². The normalized spacial score (nSPS) is 39.1. The van der Waals surface area contributed by atoms with Crippen molar-refractivity contribution < 1.29 is 14.7 Å². The molecular weight excluding hydrogens is 244 g/mol. The fourth-order valence-corrected chi connectivity index (χ4v) is 4.81. The summed E-state index contributed by atoms with van der Waals surface area (Å²) in [6.07, 6.45) is 7.05. The van der Waals surface area contributed by atoms with Crippen molar-refractivity contribution >= 4 is 11.8 Å². The van der Waals surface area contributed by atoms with E-state index in [4.69, 9.17) is 5.11 Å². The van der Waals surface area contributed by atoms with Crippen molar-refractivity contribution in [2.75, 3.05) is 13.2 Å². The summed E-state index contributed by atoms with van der Waals surface area (Å²) in [6.45, 7) is -0.0104. The number of hydrogen-bond donors (Lipinski definition) is 3. The van der Waals surface area contributed by atoms with Gasteiger partial charge in [0.2, 0.25) is 0 Å². The molecule has 4 bridgehead atoms. The van der Waals surface area contributed by atoms with Gasteiger partial charge in [-0.05, 0) is 56.3 Å². The van der Waals surface area contributed by atoms with Gasteiger partial charge in [0.1, 0.15) is 0 Å². The van der Waals surface area contributed by atoms with Gasteiger partial charge in [0.15, 0.2) is 0 Å². The Labute approximate surface area is 113 Å². The first kappa shape index (κ1) is 12.9. The highest BCUT2D eigenvalue weighted by atomic mass is 16.3. The van der Waals surface area contributed by atoms with E-state index in [0.29, 0.717) is 0 Å². The van der Waals surface area contributed by atoms with Crippen LogP contribution in [0.15, 0.2) is 0 Å². The topological polar surface area (TPSA) is 78.4 Å². The van der Waals surface area contributed by atoms with Crippen LogP contribution in [0, 0.1) is 17.8 Å². The Kier molecular flexibility index (Phi) is 3.25. The Morgan fingerprint density at radius 2 is 1.53 bits per heavy atom. The third-order valence-electron chi connectivity index (χ3n) is 5.02. The lowest BCUT2D eigenvalue weighted by atomic mass is 9.53. The van der Waals surface area contributed by atoms with Gasteiger partial charge in [-0.25, -0.2) is 0 Å². The molecule has 0 atom stereocenters. The molecule has 4 fully saturated rings. The molecule has 4 saturated carbocycles. The van der Waals surface area contributed by atoms with Crippen LogP contribution in [-0.4, -0.2) is 35.6 Å². The smallest absolute Gasteiger partial charge is 0.309 e. The van der Waals surface area contributed by atoms with Gasteiger partial charge in [-0.2, -0.15) is 0 Å². The molecule has 106 valence electrons. The molecule has 5 heteroatoms. The lowest BCUT2D eigenvalue weighted by Crippen LogP contribution is -2.61. The van der Waals surface area contributed by atoms with Crippen LogP contribution in [0.1, 0.15) is 38.5 Å². The molecule has 3 N–H and O–H groups in total. The van der Waals surface area contributed by atoms with Gasteiger partial charge in [0.25, 0.3) is 0 Å². The number of rotatable bonds is 3. The fourth-order valence-electron chi connectivity index (χ4n) is 4.81. The molecule has 4 rings (SSSR count). The van der Waals surface area contributed by atoms with Gasteiger partial charge in [0, 0.05) is 12.1 Å². The number of aliphatic hydroxyl groups is 1. The Hall–Kier alpha value is -1.10. The maximum Gasteiger partial charge on any atom is 0.309 e. The number of nitrogens with one attached hydrogen (secondary N) is 2. The molecule has 0 saturated heterocycles. The number of amides is 2. The quantitative estimate of drug-likeness (QED) is 0.638. The minimum absolute atomic E-state index is 0.123. The second kappa shape index (κ2) is 4.78. The van der Waals surface area contributed by atoms with Crippen molar-refractivity contribution in [3.05, 3.63) is 0 Å². The maximum absolute atomic E-state index is 11.9. The van der Waals surface area contributed by atoms with E-state index in [1.807, 2.05) is 0 Å². The van der Waals surface area contributed by atoms with Crippen molar-refractivity contribution in [1.29, 1.82) is 0 Å². The molecule has 4 aliphatic rings. The van der Waals surface area contributed by atoms with Crippen LogP contribution in [0.2, 0.25) is 0 Å². The standard InChI is InChI=1S/C14H22N2O3/c17-2-1-15-12(18)13(19)16-14-6-9-3-10(7-14)5-11(4-9)8-14/h9-11,17H,1-8H2,(H,15,18)(H,16,19). The van der Waals surface area contributed by atoms with Gasteiger partial charge in [-0.3, -0.25) is 9.59 Å². The van der Waals surface area contributed by atoms with E-state index in [-0.39, 0.29) is 18.7 Å². The maximum atomic E-state index is 11.9.